The number of hydrogen-bond donors (Lipinski definition) is 3. The molecule has 1 aromatic rings. The summed E-state index contributed by atoms with van der Waals surface area (Å²) in [6, 6.07) is 4.43. The highest BCUT2D eigenvalue weighted by atomic mass is 35.5. The Morgan fingerprint density at radius 1 is 1.19 bits per heavy atom. The van der Waals surface area contributed by atoms with E-state index in [9.17, 15) is 20.1 Å². The van der Waals surface area contributed by atoms with Gasteiger partial charge in [0.1, 0.15) is 24.1 Å². The molecular formula is C36H51ClN2O9. The van der Waals surface area contributed by atoms with Crippen LogP contribution in [0.4, 0.5) is 4.79 Å². The Labute approximate surface area is 288 Å². The van der Waals surface area contributed by atoms with Gasteiger partial charge in [-0.05, 0) is 74.1 Å². The summed E-state index contributed by atoms with van der Waals surface area (Å²) < 4.78 is 25.1. The maximum Gasteiger partial charge on any atom is 0.410 e. The molecule has 0 radical (unpaired) electrons. The number of benzene rings is 1. The normalized spacial score (nSPS) is 30.0. The Bertz CT molecular complexity index is 1300. The second kappa shape index (κ2) is 17.2. The van der Waals surface area contributed by atoms with Crippen LogP contribution in [0.15, 0.2) is 47.7 Å². The maximum absolute atomic E-state index is 13.5. The summed E-state index contributed by atoms with van der Waals surface area (Å²) in [6.07, 6.45) is 10.5. The number of aliphatic hydroxyl groups is 2. The van der Waals surface area contributed by atoms with Gasteiger partial charge in [0.05, 0.1) is 30.7 Å². The molecule has 266 valence electrons. The first-order valence-electron chi connectivity index (χ1n) is 17.4. The van der Waals surface area contributed by atoms with Crippen LogP contribution < -0.4 is 4.74 Å². The van der Waals surface area contributed by atoms with Crippen molar-refractivity contribution in [1.29, 1.82) is 0 Å². The molecule has 2 fully saturated rings. The zero-order valence-corrected chi connectivity index (χ0v) is 28.7. The van der Waals surface area contributed by atoms with Crippen molar-refractivity contribution in [2.24, 2.45) is 22.9 Å². The van der Waals surface area contributed by atoms with Crippen LogP contribution in [0.2, 0.25) is 0 Å². The number of halogens is 1. The third-order valence-electron chi connectivity index (χ3n) is 10.1. The molecule has 2 heterocycles. The number of fused-ring (bicyclic) bond motifs is 2. The Hall–Kier alpha value is -2.83. The number of aromatic hydroxyl groups is 1. The minimum absolute atomic E-state index is 0.0453. The van der Waals surface area contributed by atoms with E-state index < -0.39 is 30.1 Å². The van der Waals surface area contributed by atoms with E-state index in [0.717, 1.165) is 56.1 Å². The number of rotatable bonds is 16. The lowest BCUT2D eigenvalue weighted by Crippen LogP contribution is -2.69. The number of likely N-dealkylation sites (N-methyl/N-ethyl adjacent to an activating group) is 1. The summed E-state index contributed by atoms with van der Waals surface area (Å²) in [5.41, 5.74) is 2.45. The average molecular weight is 691 g/mol. The number of carbonyl (C=O) groups is 1. The van der Waals surface area contributed by atoms with Gasteiger partial charge >= 0.3 is 6.09 Å². The van der Waals surface area contributed by atoms with Crippen molar-refractivity contribution in [3.8, 4) is 11.5 Å². The van der Waals surface area contributed by atoms with Crippen molar-refractivity contribution >= 4 is 23.4 Å². The van der Waals surface area contributed by atoms with E-state index in [1.165, 1.54) is 4.90 Å². The van der Waals surface area contributed by atoms with Crippen LogP contribution in [-0.2, 0) is 19.0 Å². The molecule has 1 saturated heterocycles. The Balaban J connectivity index is 1.71. The number of oxime groups is 1. The predicted molar refractivity (Wildman–Crippen MR) is 181 cm³/mol. The highest BCUT2D eigenvalue weighted by Crippen LogP contribution is 2.61. The fraction of sp³-hybridized carbons (Fsp3) is 0.667. The molecule has 7 atom stereocenters. The fourth-order valence-corrected chi connectivity index (χ4v) is 8.09. The number of nitrogens with zero attached hydrogens (tertiary/aromatic N) is 2. The summed E-state index contributed by atoms with van der Waals surface area (Å²) in [6.45, 7) is 4.93. The molecule has 48 heavy (non-hydrogen) atoms. The molecule has 0 bridgehead atoms. The minimum atomic E-state index is -1.38. The van der Waals surface area contributed by atoms with E-state index in [-0.39, 0.29) is 62.2 Å². The van der Waals surface area contributed by atoms with Gasteiger partial charge in [0.2, 0.25) is 12.1 Å². The fourth-order valence-electron chi connectivity index (χ4n) is 8.01. The van der Waals surface area contributed by atoms with Gasteiger partial charge in [0, 0.05) is 44.6 Å². The molecule has 1 saturated carbocycles. The van der Waals surface area contributed by atoms with Crippen molar-refractivity contribution < 1.29 is 43.9 Å². The second-order valence-corrected chi connectivity index (χ2v) is 13.5. The van der Waals surface area contributed by atoms with Crippen molar-refractivity contribution in [3.05, 3.63) is 48.1 Å². The van der Waals surface area contributed by atoms with E-state index in [2.05, 4.69) is 12.7 Å². The Morgan fingerprint density at radius 3 is 2.69 bits per heavy atom. The van der Waals surface area contributed by atoms with Crippen LogP contribution in [0.3, 0.4) is 0 Å². The van der Waals surface area contributed by atoms with Crippen LogP contribution in [0, 0.1) is 17.8 Å². The van der Waals surface area contributed by atoms with Gasteiger partial charge in [-0.1, -0.05) is 30.1 Å². The van der Waals surface area contributed by atoms with Crippen molar-refractivity contribution in [2.75, 3.05) is 46.0 Å². The number of ether oxygens (including phenoxy) is 4. The van der Waals surface area contributed by atoms with Gasteiger partial charge in [0.15, 0.2) is 0 Å². The molecule has 0 aromatic heterocycles. The summed E-state index contributed by atoms with van der Waals surface area (Å²) >= 11 is 5.88. The lowest BCUT2D eigenvalue weighted by atomic mass is 9.55. The summed E-state index contributed by atoms with van der Waals surface area (Å²) in [4.78, 5) is 21.1. The van der Waals surface area contributed by atoms with Crippen molar-refractivity contribution in [1.82, 2.24) is 4.90 Å². The number of aliphatic hydroxyl groups excluding tert-OH is 2. The number of unbranched alkanes of at least 4 members (excludes halogenated alkanes) is 2. The summed E-state index contributed by atoms with van der Waals surface area (Å²) in [7, 11) is 1.67. The number of phenolic OH excluding ortho intramolecular Hbond substituents is 1. The summed E-state index contributed by atoms with van der Waals surface area (Å²) in [5, 5.41) is 34.9. The zero-order valence-electron chi connectivity index (χ0n) is 27.9. The molecule has 3 N–H and O–H groups in total. The Morgan fingerprint density at radius 2 is 1.98 bits per heavy atom. The first kappa shape index (κ1) is 36.5. The van der Waals surface area contributed by atoms with Crippen LogP contribution in [0.1, 0.15) is 75.7 Å². The third kappa shape index (κ3) is 7.81. The molecular weight excluding hydrogens is 640 g/mol. The van der Waals surface area contributed by atoms with E-state index >= 15 is 0 Å². The average Bonchev–Trinajstić information content (AvgIpc) is 3.10. The lowest BCUT2D eigenvalue weighted by Gasteiger charge is -2.59. The van der Waals surface area contributed by atoms with E-state index in [1.54, 1.807) is 31.3 Å². The van der Waals surface area contributed by atoms with Gasteiger partial charge in [-0.15, -0.1) is 18.2 Å². The van der Waals surface area contributed by atoms with Crippen molar-refractivity contribution in [3.63, 3.8) is 0 Å². The zero-order chi connectivity index (χ0) is 34.1. The monoisotopic (exact) mass is 690 g/mol. The molecule has 7 unspecified atom stereocenters. The van der Waals surface area contributed by atoms with E-state index in [0.29, 0.717) is 30.9 Å². The third-order valence-corrected chi connectivity index (χ3v) is 10.3. The number of allylic oxidation sites excluding steroid dienone is 1. The molecule has 2 aliphatic carbocycles. The van der Waals surface area contributed by atoms with E-state index in [4.69, 9.17) is 40.5 Å². The van der Waals surface area contributed by atoms with Crippen LogP contribution >= 0.6 is 11.6 Å². The molecule has 0 spiro atoms. The molecule has 4 aliphatic rings. The highest BCUT2D eigenvalue weighted by Gasteiger charge is 2.65. The molecule has 1 amide bonds. The van der Waals surface area contributed by atoms with Gasteiger partial charge in [-0.25, -0.2) is 4.79 Å². The first-order chi connectivity index (χ1) is 23.4. The van der Waals surface area contributed by atoms with E-state index in [1.807, 2.05) is 0 Å². The molecule has 12 heteroatoms. The molecule has 11 nitrogen and oxygen atoms in total. The van der Waals surface area contributed by atoms with Crippen LogP contribution in [0.25, 0.3) is 0 Å². The largest absolute Gasteiger partial charge is 0.508 e. The second-order valence-electron chi connectivity index (χ2n) is 13.1. The smallest absolute Gasteiger partial charge is 0.410 e. The minimum Gasteiger partial charge on any atom is -0.508 e. The molecule has 2 aliphatic heterocycles. The molecule has 1 aromatic carbocycles. The van der Waals surface area contributed by atoms with Crippen LogP contribution in [0.5, 0.6) is 11.5 Å². The number of phenols is 1. The number of hydrogen-bond acceptors (Lipinski definition) is 10. The van der Waals surface area contributed by atoms with Gasteiger partial charge in [-0.2, -0.15) is 0 Å². The number of alkyl halides is 1. The Kier molecular flexibility index (Phi) is 13.1. The number of amides is 1. The quantitative estimate of drug-likeness (QED) is 0.0843. The predicted octanol–water partition coefficient (Wildman–Crippen LogP) is 5.86. The first-order valence-corrected chi connectivity index (χ1v) is 17.9. The molecule has 5 rings (SSSR count). The van der Waals surface area contributed by atoms with Crippen LogP contribution in [-0.4, -0.2) is 96.1 Å². The van der Waals surface area contributed by atoms with Crippen molar-refractivity contribution in [2.45, 2.75) is 88.2 Å². The highest BCUT2D eigenvalue weighted by molar-refractivity contribution is 6.18. The summed E-state index contributed by atoms with van der Waals surface area (Å²) in [5.74, 6) is -1.05. The maximum atomic E-state index is 13.5. The lowest BCUT2D eigenvalue weighted by molar-refractivity contribution is -0.254. The standard InChI is InChI=1S/C36H51ClN2O9/c1-3-18-46-36-31(39(2)35(43)45-20-15-37)23-29(38-48-32-12-6-9-19-44-32)27-21-24(10-4-7-16-40)26(11-5-8-17-41)33(34(27)36)28-22-25(42)13-14-30(28)47-36/h3,13-14,21-22,24,26,31-34,40-42H,1,4-12,15-20,23H2,2H3. The van der Waals surface area contributed by atoms with Gasteiger partial charge in [-0.3, -0.25) is 0 Å². The SMILES string of the molecule is C=CCOC12Oc3ccc(O)cc3C3C(CCCCO)C(CCCCO)C=C(C(=NOC4CCCCO4)CC1N(C)C(=O)OCCCl)C32. The van der Waals surface area contributed by atoms with Gasteiger partial charge < -0.3 is 44.0 Å². The van der Waals surface area contributed by atoms with Gasteiger partial charge in [0.25, 0.3) is 0 Å². The topological polar surface area (TPSA) is 140 Å². The number of carbonyl (C=O) groups excluding carboxylic acids is 1.